The summed E-state index contributed by atoms with van der Waals surface area (Å²) in [5.74, 6) is 0. The van der Waals surface area contributed by atoms with E-state index >= 15 is 0 Å². The van der Waals surface area contributed by atoms with Gasteiger partial charge in [-0.05, 0) is 44.6 Å². The van der Waals surface area contributed by atoms with Crippen LogP contribution in [0.5, 0.6) is 0 Å². The lowest BCUT2D eigenvalue weighted by Crippen LogP contribution is -2.43. The molecule has 3 rings (SSSR count). The first-order valence-electron chi connectivity index (χ1n) is 6.13. The van der Waals surface area contributed by atoms with Crippen LogP contribution < -0.4 is 5.32 Å². The molecule has 2 aliphatic rings. The van der Waals surface area contributed by atoms with E-state index in [2.05, 4.69) is 36.5 Å². The van der Waals surface area contributed by atoms with Crippen LogP contribution in [0.15, 0.2) is 24.3 Å². The fourth-order valence-corrected chi connectivity index (χ4v) is 3.26. The number of aryl methyl sites for hydroxylation is 1. The van der Waals surface area contributed by atoms with Crippen molar-refractivity contribution >= 4 is 0 Å². The van der Waals surface area contributed by atoms with E-state index in [1.807, 2.05) is 0 Å². The molecule has 1 N–H and O–H groups in total. The van der Waals surface area contributed by atoms with Gasteiger partial charge >= 0.3 is 0 Å². The van der Waals surface area contributed by atoms with Crippen LogP contribution in [0.4, 0.5) is 0 Å². The molecule has 80 valence electrons. The van der Waals surface area contributed by atoms with Crippen LogP contribution in [-0.4, -0.2) is 6.04 Å². The molecule has 2 heterocycles. The van der Waals surface area contributed by atoms with Crippen molar-refractivity contribution in [2.24, 2.45) is 0 Å². The average Bonchev–Trinajstić information content (AvgIpc) is 2.56. The monoisotopic (exact) mass is 201 g/mol. The molecular weight excluding hydrogens is 182 g/mol. The minimum atomic E-state index is 0.330. The maximum Gasteiger partial charge on any atom is 0.0437 e. The van der Waals surface area contributed by atoms with Crippen molar-refractivity contribution < 1.29 is 0 Å². The van der Waals surface area contributed by atoms with Crippen LogP contribution in [0.2, 0.25) is 0 Å². The third-order valence-corrected chi connectivity index (χ3v) is 4.16. The van der Waals surface area contributed by atoms with Gasteiger partial charge in [-0.15, -0.1) is 0 Å². The van der Waals surface area contributed by atoms with Crippen molar-refractivity contribution in [1.82, 2.24) is 5.32 Å². The van der Waals surface area contributed by atoms with Gasteiger partial charge in [-0.2, -0.15) is 0 Å². The number of fused-ring (bicyclic) bond motifs is 2. The molecule has 2 bridgehead atoms. The van der Waals surface area contributed by atoms with Gasteiger partial charge < -0.3 is 5.32 Å². The minimum Gasteiger partial charge on any atom is -0.305 e. The zero-order valence-electron chi connectivity index (χ0n) is 9.42. The van der Waals surface area contributed by atoms with Gasteiger partial charge in [0.05, 0.1) is 0 Å². The van der Waals surface area contributed by atoms with E-state index in [1.165, 1.54) is 43.2 Å². The molecule has 0 amide bonds. The molecule has 1 aromatic rings. The molecule has 0 radical (unpaired) electrons. The Bertz CT molecular complexity index is 350. The lowest BCUT2D eigenvalue weighted by molar-refractivity contribution is 0.280. The molecule has 0 unspecified atom stereocenters. The van der Waals surface area contributed by atoms with Crippen LogP contribution >= 0.6 is 0 Å². The second-order valence-corrected chi connectivity index (χ2v) is 5.22. The van der Waals surface area contributed by atoms with Crippen LogP contribution in [0, 0.1) is 6.92 Å². The van der Waals surface area contributed by atoms with Crippen LogP contribution in [0.1, 0.15) is 43.2 Å². The maximum atomic E-state index is 3.84. The van der Waals surface area contributed by atoms with Gasteiger partial charge in [0.25, 0.3) is 0 Å². The summed E-state index contributed by atoms with van der Waals surface area (Å²) >= 11 is 0. The molecular formula is C14H19N. The number of benzene rings is 1. The molecule has 1 nitrogen and oxygen atoms in total. The van der Waals surface area contributed by atoms with Gasteiger partial charge in [0.2, 0.25) is 0 Å². The number of nitrogens with one attached hydrogen (secondary N) is 1. The molecule has 1 heteroatoms. The highest BCUT2D eigenvalue weighted by atomic mass is 15.1. The highest BCUT2D eigenvalue weighted by Gasteiger charge is 2.42. The van der Waals surface area contributed by atoms with E-state index in [1.54, 1.807) is 0 Å². The Morgan fingerprint density at radius 1 is 1.13 bits per heavy atom. The van der Waals surface area contributed by atoms with E-state index in [-0.39, 0.29) is 0 Å². The van der Waals surface area contributed by atoms with Crippen molar-refractivity contribution in [2.75, 3.05) is 0 Å². The van der Waals surface area contributed by atoms with Gasteiger partial charge in [-0.3, -0.25) is 0 Å². The summed E-state index contributed by atoms with van der Waals surface area (Å²) in [5, 5.41) is 3.84. The molecule has 2 aliphatic heterocycles. The van der Waals surface area contributed by atoms with E-state index < -0.39 is 0 Å². The van der Waals surface area contributed by atoms with E-state index in [9.17, 15) is 0 Å². The average molecular weight is 201 g/mol. The SMILES string of the molecule is Cc1ccc([C@]23CCC[C@H](CC2)N3)cc1. The Labute approximate surface area is 91.9 Å². The number of piperidine rings is 1. The van der Waals surface area contributed by atoms with Crippen molar-refractivity contribution in [3.05, 3.63) is 35.4 Å². The van der Waals surface area contributed by atoms with Gasteiger partial charge in [0, 0.05) is 11.6 Å². The number of rotatable bonds is 1. The largest absolute Gasteiger partial charge is 0.305 e. The molecule has 0 aromatic heterocycles. The first-order valence-corrected chi connectivity index (χ1v) is 6.13. The topological polar surface area (TPSA) is 12.0 Å². The van der Waals surface area contributed by atoms with Gasteiger partial charge in [0.1, 0.15) is 0 Å². The van der Waals surface area contributed by atoms with Crippen LogP contribution in [-0.2, 0) is 5.54 Å². The third kappa shape index (κ3) is 1.50. The van der Waals surface area contributed by atoms with Gasteiger partial charge in [-0.1, -0.05) is 29.8 Å². The summed E-state index contributed by atoms with van der Waals surface area (Å²) in [6.07, 6.45) is 6.81. The predicted molar refractivity (Wildman–Crippen MR) is 62.9 cm³/mol. The first-order chi connectivity index (χ1) is 7.28. The van der Waals surface area contributed by atoms with Gasteiger partial charge in [-0.25, -0.2) is 0 Å². The lowest BCUT2D eigenvalue weighted by Gasteiger charge is -2.35. The Hall–Kier alpha value is -0.820. The molecule has 2 saturated heterocycles. The van der Waals surface area contributed by atoms with Crippen molar-refractivity contribution in [2.45, 2.75) is 50.6 Å². The van der Waals surface area contributed by atoms with E-state index in [0.717, 1.165) is 6.04 Å². The molecule has 1 aromatic carbocycles. The Kier molecular flexibility index (Phi) is 2.10. The number of hydrogen-bond acceptors (Lipinski definition) is 1. The third-order valence-electron chi connectivity index (χ3n) is 4.16. The highest BCUT2D eigenvalue weighted by Crippen LogP contribution is 2.42. The summed E-state index contributed by atoms with van der Waals surface area (Å²) in [6, 6.07) is 9.91. The van der Waals surface area contributed by atoms with E-state index in [0.29, 0.717) is 5.54 Å². The maximum absolute atomic E-state index is 3.84. The standard InChI is InChI=1S/C14H19N/c1-11-4-6-12(7-5-11)14-9-2-3-13(15-14)8-10-14/h4-7,13,15H,2-3,8-10H2,1H3/t13-,14+/m1/s1. The van der Waals surface area contributed by atoms with Crippen molar-refractivity contribution in [1.29, 1.82) is 0 Å². The second kappa shape index (κ2) is 3.34. The summed E-state index contributed by atoms with van der Waals surface area (Å²) in [5.41, 5.74) is 3.20. The molecule has 0 spiro atoms. The molecule has 0 saturated carbocycles. The minimum absolute atomic E-state index is 0.330. The number of hydrogen-bond donors (Lipinski definition) is 1. The molecule has 15 heavy (non-hydrogen) atoms. The Balaban J connectivity index is 1.95. The zero-order valence-corrected chi connectivity index (χ0v) is 9.42. The molecule has 2 atom stereocenters. The van der Waals surface area contributed by atoms with Crippen molar-refractivity contribution in [3.63, 3.8) is 0 Å². The van der Waals surface area contributed by atoms with Gasteiger partial charge in [0.15, 0.2) is 0 Å². The highest BCUT2D eigenvalue weighted by molar-refractivity contribution is 5.30. The molecule has 0 aliphatic carbocycles. The smallest absolute Gasteiger partial charge is 0.0437 e. The van der Waals surface area contributed by atoms with Crippen LogP contribution in [0.25, 0.3) is 0 Å². The Morgan fingerprint density at radius 2 is 1.93 bits per heavy atom. The fraction of sp³-hybridized carbons (Fsp3) is 0.571. The summed E-state index contributed by atoms with van der Waals surface area (Å²) in [6.45, 7) is 2.16. The van der Waals surface area contributed by atoms with E-state index in [4.69, 9.17) is 0 Å². The summed E-state index contributed by atoms with van der Waals surface area (Å²) < 4.78 is 0. The molecule has 2 fully saturated rings. The normalized spacial score (nSPS) is 34.3. The second-order valence-electron chi connectivity index (χ2n) is 5.22. The Morgan fingerprint density at radius 3 is 2.73 bits per heavy atom. The lowest BCUT2D eigenvalue weighted by atomic mass is 9.83. The zero-order chi connectivity index (χ0) is 10.3. The fourth-order valence-electron chi connectivity index (χ4n) is 3.26. The predicted octanol–water partition coefficient (Wildman–Crippen LogP) is 3.13. The van der Waals surface area contributed by atoms with Crippen LogP contribution in [0.3, 0.4) is 0 Å². The quantitative estimate of drug-likeness (QED) is 0.736. The summed E-state index contributed by atoms with van der Waals surface area (Å²) in [7, 11) is 0. The summed E-state index contributed by atoms with van der Waals surface area (Å²) in [4.78, 5) is 0. The first kappa shape index (κ1) is 9.41. The van der Waals surface area contributed by atoms with Crippen molar-refractivity contribution in [3.8, 4) is 0 Å².